The lowest BCUT2D eigenvalue weighted by Gasteiger charge is -2.21. The number of aliphatic hydroxyl groups excluding tert-OH is 1. The maximum Gasteiger partial charge on any atom is 0.269 e. The quantitative estimate of drug-likeness (QED) is 0.529. The highest BCUT2D eigenvalue weighted by Gasteiger charge is 2.26. The number of carbonyl (C=O) groups excluding carboxylic acids is 2. The number of rotatable bonds is 5. The van der Waals surface area contributed by atoms with E-state index in [0.29, 0.717) is 21.8 Å². The van der Waals surface area contributed by atoms with Crippen LogP contribution in [0.15, 0.2) is 36.4 Å². The van der Waals surface area contributed by atoms with Gasteiger partial charge in [-0.15, -0.1) is 0 Å². The Morgan fingerprint density at radius 2 is 1.86 bits per heavy atom. The first-order valence-corrected chi connectivity index (χ1v) is 8.81. The van der Waals surface area contributed by atoms with Gasteiger partial charge in [-0.1, -0.05) is 23.7 Å². The first-order valence-electron chi connectivity index (χ1n) is 8.43. The zero-order valence-corrected chi connectivity index (χ0v) is 16.0. The molecule has 0 aliphatic rings. The van der Waals surface area contributed by atoms with E-state index in [9.17, 15) is 19.1 Å². The fraction of sp³-hybridized carbons (Fsp3) is 0.250. The topological polar surface area (TPSA) is 82.8 Å². The van der Waals surface area contributed by atoms with Gasteiger partial charge in [0.15, 0.2) is 0 Å². The summed E-state index contributed by atoms with van der Waals surface area (Å²) in [6, 6.07) is 8.09. The average Bonchev–Trinajstić information content (AvgIpc) is 2.67. The molecule has 0 radical (unpaired) electrons. The van der Waals surface area contributed by atoms with Crippen LogP contribution in [0.4, 0.5) is 10.1 Å². The predicted molar refractivity (Wildman–Crippen MR) is 103 cm³/mol. The van der Waals surface area contributed by atoms with Crippen LogP contribution in [0.5, 0.6) is 0 Å². The molecule has 0 saturated heterocycles. The van der Waals surface area contributed by atoms with Crippen LogP contribution in [0.25, 0.3) is 4.85 Å². The standard InChI is InChI=1S/C20H19ClFN3O3/c1-11-14(6-9-17(23-3)18(11)21)10-16(12(2)26)20(28)25-24-19(27)13-4-7-15(22)8-5-13/h4-9,12,16,26H,10H2,1-2H3,(H,24,27)(H,25,28)/t12-,16-/m1/s1. The molecule has 0 fully saturated rings. The Morgan fingerprint density at radius 1 is 1.21 bits per heavy atom. The van der Waals surface area contributed by atoms with Crippen LogP contribution in [0.1, 0.15) is 28.4 Å². The Morgan fingerprint density at radius 3 is 2.43 bits per heavy atom. The molecule has 2 amide bonds. The molecule has 2 aromatic carbocycles. The second-order valence-corrected chi connectivity index (χ2v) is 6.67. The number of nitrogens with one attached hydrogen (secondary N) is 2. The maximum absolute atomic E-state index is 12.9. The van der Waals surface area contributed by atoms with Crippen LogP contribution in [0.2, 0.25) is 5.02 Å². The minimum atomic E-state index is -0.999. The molecule has 2 atom stereocenters. The van der Waals surface area contributed by atoms with Gasteiger partial charge in [-0.2, -0.15) is 0 Å². The number of hydrogen-bond acceptors (Lipinski definition) is 3. The van der Waals surface area contributed by atoms with Gasteiger partial charge >= 0.3 is 0 Å². The highest BCUT2D eigenvalue weighted by Crippen LogP contribution is 2.31. The Kier molecular flexibility index (Phi) is 7.10. The zero-order valence-electron chi connectivity index (χ0n) is 15.3. The zero-order chi connectivity index (χ0) is 20.8. The average molecular weight is 404 g/mol. The molecule has 0 bridgehead atoms. The van der Waals surface area contributed by atoms with Crippen LogP contribution < -0.4 is 10.9 Å². The van der Waals surface area contributed by atoms with Crippen LogP contribution in [0.3, 0.4) is 0 Å². The molecule has 28 heavy (non-hydrogen) atoms. The van der Waals surface area contributed by atoms with Crippen LogP contribution in [-0.2, 0) is 11.2 Å². The van der Waals surface area contributed by atoms with Crippen molar-refractivity contribution in [2.24, 2.45) is 5.92 Å². The lowest BCUT2D eigenvalue weighted by Crippen LogP contribution is -2.47. The SMILES string of the molecule is [C-]#[N+]c1ccc(C[C@@H](C(=O)NNC(=O)c2ccc(F)cc2)[C@@H](C)O)c(C)c1Cl. The second-order valence-electron chi connectivity index (χ2n) is 6.30. The molecule has 0 spiro atoms. The van der Waals surface area contributed by atoms with E-state index in [-0.39, 0.29) is 12.0 Å². The molecule has 8 heteroatoms. The summed E-state index contributed by atoms with van der Waals surface area (Å²) < 4.78 is 12.9. The van der Waals surface area contributed by atoms with Crippen molar-refractivity contribution in [3.8, 4) is 0 Å². The molecular weight excluding hydrogens is 385 g/mol. The van der Waals surface area contributed by atoms with Gasteiger partial charge in [0.2, 0.25) is 11.6 Å². The van der Waals surface area contributed by atoms with Gasteiger partial charge in [0.25, 0.3) is 5.91 Å². The number of hydrogen-bond donors (Lipinski definition) is 3. The fourth-order valence-electron chi connectivity index (χ4n) is 2.62. The van der Waals surface area contributed by atoms with E-state index in [1.54, 1.807) is 19.1 Å². The Balaban J connectivity index is 2.08. The number of amides is 2. The monoisotopic (exact) mass is 403 g/mol. The summed E-state index contributed by atoms with van der Waals surface area (Å²) >= 11 is 6.16. The maximum atomic E-state index is 12.9. The third kappa shape index (κ3) is 5.06. The van der Waals surface area contributed by atoms with Crippen molar-refractivity contribution in [2.45, 2.75) is 26.4 Å². The van der Waals surface area contributed by atoms with Gasteiger partial charge in [0.1, 0.15) is 5.82 Å². The molecule has 2 aromatic rings. The third-order valence-electron chi connectivity index (χ3n) is 4.36. The van der Waals surface area contributed by atoms with Gasteiger partial charge < -0.3 is 5.11 Å². The van der Waals surface area contributed by atoms with E-state index in [1.165, 1.54) is 19.1 Å². The van der Waals surface area contributed by atoms with Gasteiger partial charge in [0, 0.05) is 5.56 Å². The smallest absolute Gasteiger partial charge is 0.269 e. The van der Waals surface area contributed by atoms with E-state index in [1.807, 2.05) is 0 Å². The van der Waals surface area contributed by atoms with Crippen molar-refractivity contribution in [3.05, 3.63) is 75.3 Å². The summed E-state index contributed by atoms with van der Waals surface area (Å²) in [5, 5.41) is 10.3. The van der Waals surface area contributed by atoms with E-state index in [0.717, 1.165) is 12.1 Å². The Labute approximate surface area is 167 Å². The molecule has 6 nitrogen and oxygen atoms in total. The van der Waals surface area contributed by atoms with Gasteiger partial charge in [-0.25, -0.2) is 9.24 Å². The molecule has 3 N–H and O–H groups in total. The van der Waals surface area contributed by atoms with E-state index < -0.39 is 29.7 Å². The molecule has 0 heterocycles. The van der Waals surface area contributed by atoms with Crippen molar-refractivity contribution >= 4 is 29.1 Å². The highest BCUT2D eigenvalue weighted by molar-refractivity contribution is 6.34. The number of hydrazine groups is 1. The van der Waals surface area contributed by atoms with Crippen molar-refractivity contribution in [1.29, 1.82) is 0 Å². The van der Waals surface area contributed by atoms with E-state index in [4.69, 9.17) is 18.2 Å². The summed E-state index contributed by atoms with van der Waals surface area (Å²) in [7, 11) is 0. The van der Waals surface area contributed by atoms with Gasteiger partial charge in [-0.3, -0.25) is 20.4 Å². The lowest BCUT2D eigenvalue weighted by molar-refractivity contribution is -0.128. The van der Waals surface area contributed by atoms with Crippen LogP contribution >= 0.6 is 11.6 Å². The Hall–Kier alpha value is -2.95. The minimum absolute atomic E-state index is 0.166. The summed E-state index contributed by atoms with van der Waals surface area (Å²) in [6.07, 6.45) is -0.832. The van der Waals surface area contributed by atoms with Crippen molar-refractivity contribution in [3.63, 3.8) is 0 Å². The summed E-state index contributed by atoms with van der Waals surface area (Å²) in [4.78, 5) is 27.8. The number of carbonyl (C=O) groups is 2. The molecule has 146 valence electrons. The predicted octanol–water partition coefficient (Wildman–Crippen LogP) is 3.34. The van der Waals surface area contributed by atoms with Crippen molar-refractivity contribution in [1.82, 2.24) is 10.9 Å². The first kappa shape index (κ1) is 21.4. The third-order valence-corrected chi connectivity index (χ3v) is 4.84. The summed E-state index contributed by atoms with van der Waals surface area (Å²) in [6.45, 7) is 10.3. The van der Waals surface area contributed by atoms with Crippen molar-refractivity contribution in [2.75, 3.05) is 0 Å². The molecule has 0 aliphatic carbocycles. The van der Waals surface area contributed by atoms with E-state index >= 15 is 0 Å². The Bertz CT molecular complexity index is 924. The van der Waals surface area contributed by atoms with Crippen LogP contribution in [0, 0.1) is 25.2 Å². The first-order chi connectivity index (χ1) is 13.2. The number of halogens is 2. The number of nitrogens with zero attached hydrogens (tertiary/aromatic N) is 1. The van der Waals surface area contributed by atoms with Crippen LogP contribution in [-0.4, -0.2) is 23.0 Å². The number of benzene rings is 2. The molecule has 0 aliphatic heterocycles. The summed E-state index contributed by atoms with van der Waals surface area (Å²) in [5.41, 5.74) is 6.38. The lowest BCUT2D eigenvalue weighted by atomic mass is 9.91. The largest absolute Gasteiger partial charge is 0.393 e. The van der Waals surface area contributed by atoms with Gasteiger partial charge in [0.05, 0.1) is 23.6 Å². The minimum Gasteiger partial charge on any atom is -0.393 e. The number of aliphatic hydroxyl groups is 1. The van der Waals surface area contributed by atoms with E-state index in [2.05, 4.69) is 15.7 Å². The molecule has 0 saturated carbocycles. The van der Waals surface area contributed by atoms with Gasteiger partial charge in [-0.05, 0) is 55.7 Å². The fourth-order valence-corrected chi connectivity index (χ4v) is 2.85. The normalized spacial score (nSPS) is 12.6. The van der Waals surface area contributed by atoms with Crippen molar-refractivity contribution < 1.29 is 19.1 Å². The molecule has 0 unspecified atom stereocenters. The second kappa shape index (κ2) is 9.31. The molecule has 2 rings (SSSR count). The molecular formula is C20H19ClFN3O3. The highest BCUT2D eigenvalue weighted by atomic mass is 35.5. The molecule has 0 aromatic heterocycles. The summed E-state index contributed by atoms with van der Waals surface area (Å²) in [5.74, 6) is -2.54.